The first-order chi connectivity index (χ1) is 11.5. The lowest BCUT2D eigenvalue weighted by molar-refractivity contribution is -0.697. The largest absolute Gasteiger partial charge is 0.544 e. The van der Waals surface area contributed by atoms with Crippen molar-refractivity contribution in [3.8, 4) is 0 Å². The maximum Gasteiger partial charge on any atom is 0.230 e. The van der Waals surface area contributed by atoms with Crippen molar-refractivity contribution in [2.45, 2.75) is 19.0 Å². The van der Waals surface area contributed by atoms with Crippen LogP contribution >= 0.6 is 0 Å². The van der Waals surface area contributed by atoms with Gasteiger partial charge in [0.2, 0.25) is 5.91 Å². The van der Waals surface area contributed by atoms with Crippen LogP contribution in [0.15, 0.2) is 42.7 Å². The quantitative estimate of drug-likeness (QED) is 0.717. The molecule has 0 bridgehead atoms. The van der Waals surface area contributed by atoms with E-state index in [1.54, 1.807) is 24.5 Å². The summed E-state index contributed by atoms with van der Waals surface area (Å²) in [5.74, 6) is -3.83. The van der Waals surface area contributed by atoms with Crippen molar-refractivity contribution in [2.75, 3.05) is 5.32 Å². The fraction of sp³-hybridized carbons (Fsp3) is 0.188. The fourth-order valence-electron chi connectivity index (χ4n) is 2.05. The maximum absolute atomic E-state index is 13.5. The molecule has 0 fully saturated rings. The third-order valence-corrected chi connectivity index (χ3v) is 3.27. The van der Waals surface area contributed by atoms with Crippen LogP contribution < -0.4 is 15.7 Å². The molecule has 0 saturated heterocycles. The van der Waals surface area contributed by atoms with Gasteiger partial charge in [-0.2, -0.15) is 0 Å². The van der Waals surface area contributed by atoms with Crippen LogP contribution in [0, 0.1) is 11.6 Å². The summed E-state index contributed by atoms with van der Waals surface area (Å²) in [4.78, 5) is 26.9. The molecule has 126 valence electrons. The second kappa shape index (κ2) is 8.11. The summed E-state index contributed by atoms with van der Waals surface area (Å²) in [5, 5.41) is 14.8. The van der Waals surface area contributed by atoms with Crippen molar-refractivity contribution in [3.05, 3.63) is 59.9 Å². The van der Waals surface area contributed by atoms with Crippen LogP contribution in [-0.2, 0) is 16.1 Å². The number of hydrogen-bond donors (Lipinski definition) is 2. The van der Waals surface area contributed by atoms with Crippen molar-refractivity contribution >= 4 is 17.6 Å². The van der Waals surface area contributed by atoms with Gasteiger partial charge in [0.25, 0.3) is 0 Å². The lowest BCUT2D eigenvalue weighted by Crippen LogP contribution is -2.92. The van der Waals surface area contributed by atoms with E-state index in [0.29, 0.717) is 12.6 Å². The van der Waals surface area contributed by atoms with Crippen LogP contribution in [0.3, 0.4) is 0 Å². The third kappa shape index (κ3) is 5.10. The summed E-state index contributed by atoms with van der Waals surface area (Å²) in [7, 11) is 0. The van der Waals surface area contributed by atoms with E-state index in [-0.39, 0.29) is 5.69 Å². The number of amides is 1. The van der Waals surface area contributed by atoms with E-state index in [2.05, 4.69) is 10.3 Å². The molecular weight excluding hydrogens is 320 g/mol. The van der Waals surface area contributed by atoms with E-state index in [9.17, 15) is 23.5 Å². The van der Waals surface area contributed by atoms with Gasteiger partial charge in [-0.25, -0.2) is 8.78 Å². The Kier molecular flexibility index (Phi) is 5.91. The second-order valence-electron chi connectivity index (χ2n) is 5.10. The number of aliphatic carboxylic acids is 1. The third-order valence-electron chi connectivity index (χ3n) is 3.27. The molecule has 1 amide bonds. The van der Waals surface area contributed by atoms with Gasteiger partial charge in [0.1, 0.15) is 24.2 Å². The monoisotopic (exact) mass is 335 g/mol. The molecule has 0 radical (unpaired) electrons. The molecule has 1 aromatic heterocycles. The number of hydrogen-bond acceptors (Lipinski definition) is 4. The summed E-state index contributed by atoms with van der Waals surface area (Å²) in [6, 6.07) is 5.01. The first-order valence-electron chi connectivity index (χ1n) is 7.13. The maximum atomic E-state index is 13.5. The number of benzene rings is 1. The van der Waals surface area contributed by atoms with Crippen LogP contribution in [0.1, 0.15) is 12.0 Å². The van der Waals surface area contributed by atoms with Crippen LogP contribution in [0.25, 0.3) is 0 Å². The van der Waals surface area contributed by atoms with E-state index in [0.717, 1.165) is 17.7 Å². The highest BCUT2D eigenvalue weighted by Gasteiger charge is 2.19. The minimum Gasteiger partial charge on any atom is -0.544 e. The van der Waals surface area contributed by atoms with Gasteiger partial charge in [0.15, 0.2) is 0 Å². The molecule has 1 aromatic carbocycles. The smallest absolute Gasteiger partial charge is 0.230 e. The highest BCUT2D eigenvalue weighted by atomic mass is 19.1. The average molecular weight is 335 g/mol. The van der Waals surface area contributed by atoms with Gasteiger partial charge < -0.3 is 20.5 Å². The zero-order valence-corrected chi connectivity index (χ0v) is 12.5. The Hall–Kier alpha value is -2.87. The normalized spacial score (nSPS) is 11.8. The number of carbonyl (C=O) groups is 2. The summed E-state index contributed by atoms with van der Waals surface area (Å²) in [6.07, 6.45) is 2.75. The highest BCUT2D eigenvalue weighted by molar-refractivity contribution is 5.93. The number of aromatic nitrogens is 1. The van der Waals surface area contributed by atoms with Crippen molar-refractivity contribution < 1.29 is 28.8 Å². The van der Waals surface area contributed by atoms with Gasteiger partial charge in [-0.15, -0.1) is 0 Å². The number of carboxylic acids is 1. The molecule has 0 unspecified atom stereocenters. The number of carbonyl (C=O) groups excluding carboxylic acids is 2. The molecule has 24 heavy (non-hydrogen) atoms. The van der Waals surface area contributed by atoms with Gasteiger partial charge in [-0.3, -0.25) is 9.78 Å². The molecule has 0 spiro atoms. The predicted octanol–water partition coefficient (Wildman–Crippen LogP) is -0.429. The van der Waals surface area contributed by atoms with Gasteiger partial charge in [-0.1, -0.05) is 6.07 Å². The number of quaternary nitrogens is 1. The second-order valence-corrected chi connectivity index (χ2v) is 5.10. The lowest BCUT2D eigenvalue weighted by Gasteiger charge is -2.16. The standard InChI is InChI=1S/C16H15F2N3O3/c17-11-3-4-13(12(18)6-11)21-15(22)7-14(16(23)24)20-9-10-2-1-5-19-8-10/h1-6,8,14,20H,7,9H2,(H,21,22)(H,23,24)/t14-/m1/s1. The molecule has 0 aliphatic rings. The van der Waals surface area contributed by atoms with E-state index < -0.39 is 36.0 Å². The molecule has 6 nitrogen and oxygen atoms in total. The lowest BCUT2D eigenvalue weighted by atomic mass is 10.1. The molecular formula is C16H15F2N3O3. The van der Waals surface area contributed by atoms with Crippen LogP contribution in [0.4, 0.5) is 14.5 Å². The number of anilines is 1. The Morgan fingerprint density at radius 2 is 2.08 bits per heavy atom. The van der Waals surface area contributed by atoms with Gasteiger partial charge >= 0.3 is 0 Å². The predicted molar refractivity (Wildman–Crippen MR) is 78.3 cm³/mol. The van der Waals surface area contributed by atoms with Crippen molar-refractivity contribution in [1.29, 1.82) is 0 Å². The Morgan fingerprint density at radius 1 is 1.29 bits per heavy atom. The van der Waals surface area contributed by atoms with E-state index in [4.69, 9.17) is 0 Å². The zero-order valence-electron chi connectivity index (χ0n) is 12.5. The minimum atomic E-state index is -1.41. The number of nitrogens with zero attached hydrogens (tertiary/aromatic N) is 1. The summed E-state index contributed by atoms with van der Waals surface area (Å²) in [6.45, 7) is 0.296. The molecule has 1 heterocycles. The molecule has 3 N–H and O–H groups in total. The molecule has 0 aliphatic carbocycles. The van der Waals surface area contributed by atoms with Crippen molar-refractivity contribution in [2.24, 2.45) is 0 Å². The number of nitrogens with two attached hydrogens (primary N) is 1. The van der Waals surface area contributed by atoms with Gasteiger partial charge in [0.05, 0.1) is 18.1 Å². The molecule has 2 aromatic rings. The van der Waals surface area contributed by atoms with Gasteiger partial charge in [0, 0.05) is 24.0 Å². The Labute approximate surface area is 136 Å². The Balaban J connectivity index is 1.94. The van der Waals surface area contributed by atoms with Crippen molar-refractivity contribution in [3.63, 3.8) is 0 Å². The molecule has 1 atom stereocenters. The van der Waals surface area contributed by atoms with Crippen molar-refractivity contribution in [1.82, 2.24) is 4.98 Å². The first kappa shape index (κ1) is 17.5. The highest BCUT2D eigenvalue weighted by Crippen LogP contribution is 2.15. The first-order valence-corrected chi connectivity index (χ1v) is 7.13. The minimum absolute atomic E-state index is 0.217. The van der Waals surface area contributed by atoms with Crippen LogP contribution in [-0.4, -0.2) is 22.9 Å². The van der Waals surface area contributed by atoms with Gasteiger partial charge in [-0.05, 0) is 18.2 Å². The summed E-state index contributed by atoms with van der Waals surface area (Å²) >= 11 is 0. The number of pyridine rings is 1. The van der Waals surface area contributed by atoms with E-state index >= 15 is 0 Å². The topological polar surface area (TPSA) is 98.7 Å². The number of carboxylic acid groups (broad SMARTS) is 1. The number of rotatable bonds is 7. The summed E-state index contributed by atoms with van der Waals surface area (Å²) in [5.41, 5.74) is 0.569. The SMILES string of the molecule is O=C(C[C@@H]([NH2+]Cc1cccnc1)C(=O)[O-])Nc1ccc(F)cc1F. The average Bonchev–Trinajstić information content (AvgIpc) is 2.55. The van der Waals surface area contributed by atoms with E-state index in [1.165, 1.54) is 5.32 Å². The Morgan fingerprint density at radius 3 is 2.71 bits per heavy atom. The zero-order chi connectivity index (χ0) is 17.5. The molecule has 8 heteroatoms. The molecule has 0 saturated carbocycles. The number of nitrogens with one attached hydrogen (secondary N) is 1. The van der Waals surface area contributed by atoms with Crippen LogP contribution in [0.5, 0.6) is 0 Å². The molecule has 2 rings (SSSR count). The Bertz CT molecular complexity index is 726. The molecule has 0 aliphatic heterocycles. The fourth-order valence-corrected chi connectivity index (χ4v) is 2.05. The number of halogens is 2. The summed E-state index contributed by atoms with van der Waals surface area (Å²) < 4.78 is 26.3. The van der Waals surface area contributed by atoms with Crippen LogP contribution in [0.2, 0.25) is 0 Å². The van der Waals surface area contributed by atoms with E-state index in [1.807, 2.05) is 0 Å².